The van der Waals surface area contributed by atoms with E-state index in [2.05, 4.69) is 57.2 Å². The van der Waals surface area contributed by atoms with Gasteiger partial charge in [0, 0.05) is 23.2 Å². The zero-order chi connectivity index (χ0) is 30.7. The second-order valence-electron chi connectivity index (χ2n) is 10.2. The van der Waals surface area contributed by atoms with Crippen LogP contribution in [0.5, 0.6) is 5.75 Å². The second-order valence-corrected chi connectivity index (χ2v) is 11.1. The molecule has 0 aliphatic carbocycles. The standard InChI is InChI=1S/C31H29F3N6O2S/c1-19(2)26-14-5-20(3)15-27(26)40-21(4)17-43-30(40)37-29(41)35-16-22-6-8-23(9-7-22)28-36-18-39(38-28)24-10-12-25(13-11-24)42-31(32,33)34/h5-15,17-19H,16H2,1-4H3,(H,35,41)/b37-30-. The Bertz CT molecular complexity index is 1800. The summed E-state index contributed by atoms with van der Waals surface area (Å²) in [5.74, 6) is 0.434. The number of ether oxygens (including phenoxy) is 1. The summed E-state index contributed by atoms with van der Waals surface area (Å²) >= 11 is 1.42. The zero-order valence-corrected chi connectivity index (χ0v) is 24.7. The van der Waals surface area contributed by atoms with Gasteiger partial charge in [0.05, 0.1) is 11.4 Å². The summed E-state index contributed by atoms with van der Waals surface area (Å²) in [6, 6.07) is 18.6. The Kier molecular flexibility index (Phi) is 8.49. The minimum Gasteiger partial charge on any atom is -0.406 e. The van der Waals surface area contributed by atoms with Crippen LogP contribution in [0.2, 0.25) is 0 Å². The molecule has 43 heavy (non-hydrogen) atoms. The summed E-state index contributed by atoms with van der Waals surface area (Å²) in [5.41, 5.74) is 6.48. The molecule has 3 aromatic carbocycles. The highest BCUT2D eigenvalue weighted by molar-refractivity contribution is 7.07. The van der Waals surface area contributed by atoms with E-state index in [0.717, 1.165) is 28.1 Å². The molecule has 0 aliphatic heterocycles. The highest BCUT2D eigenvalue weighted by atomic mass is 32.1. The number of carbonyl (C=O) groups is 1. The number of hydrogen-bond donors (Lipinski definition) is 1. The van der Waals surface area contributed by atoms with Crippen molar-refractivity contribution >= 4 is 17.4 Å². The lowest BCUT2D eigenvalue weighted by atomic mass is 9.99. The summed E-state index contributed by atoms with van der Waals surface area (Å²) in [6.07, 6.45) is -3.28. The van der Waals surface area contributed by atoms with Crippen LogP contribution in [0.15, 0.2) is 83.4 Å². The monoisotopic (exact) mass is 606 g/mol. The van der Waals surface area contributed by atoms with Crippen LogP contribution >= 0.6 is 11.3 Å². The van der Waals surface area contributed by atoms with Crippen molar-refractivity contribution in [2.24, 2.45) is 4.99 Å². The van der Waals surface area contributed by atoms with E-state index in [1.54, 1.807) is 0 Å². The van der Waals surface area contributed by atoms with E-state index >= 15 is 0 Å². The SMILES string of the molecule is Cc1ccc(C(C)C)c(-n2c(C)cs/c2=N\C(=O)NCc2ccc(-c3ncn(-c4ccc(OC(F)(F)F)cc4)n3)cc2)c1. The van der Waals surface area contributed by atoms with Crippen LogP contribution in [-0.4, -0.2) is 31.7 Å². The minimum absolute atomic E-state index is 0.281. The molecule has 0 radical (unpaired) electrons. The second kappa shape index (κ2) is 12.3. The van der Waals surface area contributed by atoms with E-state index < -0.39 is 12.4 Å². The summed E-state index contributed by atoms with van der Waals surface area (Å²) < 4.78 is 44.6. The predicted molar refractivity (Wildman–Crippen MR) is 158 cm³/mol. The molecule has 0 aliphatic rings. The van der Waals surface area contributed by atoms with Crippen molar-refractivity contribution in [3.8, 4) is 28.5 Å². The molecule has 0 atom stereocenters. The number of nitrogens with one attached hydrogen (secondary N) is 1. The van der Waals surface area contributed by atoms with Crippen molar-refractivity contribution in [3.05, 3.63) is 106 Å². The molecule has 2 heterocycles. The maximum atomic E-state index is 12.8. The molecule has 0 bridgehead atoms. The molecular weight excluding hydrogens is 577 g/mol. The maximum Gasteiger partial charge on any atom is 0.573 e. The normalized spacial score (nSPS) is 12.1. The predicted octanol–water partition coefficient (Wildman–Crippen LogP) is 7.24. The highest BCUT2D eigenvalue weighted by Gasteiger charge is 2.31. The molecule has 8 nitrogen and oxygen atoms in total. The van der Waals surface area contributed by atoms with Crippen LogP contribution < -0.4 is 14.9 Å². The van der Waals surface area contributed by atoms with Crippen LogP contribution in [-0.2, 0) is 6.54 Å². The van der Waals surface area contributed by atoms with Crippen LogP contribution in [0.4, 0.5) is 18.0 Å². The Morgan fingerprint density at radius 2 is 1.77 bits per heavy atom. The van der Waals surface area contributed by atoms with E-state index in [0.29, 0.717) is 22.2 Å². The molecule has 12 heteroatoms. The van der Waals surface area contributed by atoms with E-state index in [-0.39, 0.29) is 12.3 Å². The van der Waals surface area contributed by atoms with E-state index in [1.165, 1.54) is 52.2 Å². The van der Waals surface area contributed by atoms with Crippen LogP contribution in [0.3, 0.4) is 0 Å². The van der Waals surface area contributed by atoms with E-state index in [9.17, 15) is 18.0 Å². The topological polar surface area (TPSA) is 86.3 Å². The number of thiazole rings is 1. The van der Waals surface area contributed by atoms with Gasteiger partial charge >= 0.3 is 12.4 Å². The highest BCUT2D eigenvalue weighted by Crippen LogP contribution is 2.26. The fraction of sp³-hybridized carbons (Fsp3) is 0.226. The van der Waals surface area contributed by atoms with Gasteiger partial charge in [-0.1, -0.05) is 50.2 Å². The average molecular weight is 607 g/mol. The molecule has 5 aromatic rings. The van der Waals surface area contributed by atoms with Crippen LogP contribution in [0.1, 0.15) is 42.1 Å². The van der Waals surface area contributed by atoms with Gasteiger partial charge in [-0.2, -0.15) is 4.99 Å². The van der Waals surface area contributed by atoms with Crippen LogP contribution in [0.25, 0.3) is 22.8 Å². The largest absolute Gasteiger partial charge is 0.573 e. The first kappa shape index (κ1) is 29.8. The molecule has 5 rings (SSSR count). The number of aromatic nitrogens is 4. The Balaban J connectivity index is 1.25. The molecule has 0 saturated heterocycles. The van der Waals surface area contributed by atoms with Gasteiger partial charge in [-0.05, 0) is 66.8 Å². The lowest BCUT2D eigenvalue weighted by Crippen LogP contribution is -2.24. The third-order valence-electron chi connectivity index (χ3n) is 6.61. The lowest BCUT2D eigenvalue weighted by molar-refractivity contribution is -0.274. The van der Waals surface area contributed by atoms with Gasteiger partial charge < -0.3 is 10.1 Å². The number of urea groups is 1. The number of amides is 2. The maximum absolute atomic E-state index is 12.8. The molecule has 2 amide bonds. The smallest absolute Gasteiger partial charge is 0.406 e. The van der Waals surface area contributed by atoms with Crippen molar-refractivity contribution < 1.29 is 22.7 Å². The first-order valence-electron chi connectivity index (χ1n) is 13.4. The number of carbonyl (C=O) groups excluding carboxylic acids is 1. The van der Waals surface area contributed by atoms with Crippen molar-refractivity contribution in [2.45, 2.75) is 46.5 Å². The Hall–Kier alpha value is -4.71. The number of nitrogens with zero attached hydrogens (tertiary/aromatic N) is 5. The van der Waals surface area contributed by atoms with Crippen molar-refractivity contribution in [3.63, 3.8) is 0 Å². The van der Waals surface area contributed by atoms with Gasteiger partial charge in [0.25, 0.3) is 0 Å². The number of alkyl halides is 3. The van der Waals surface area contributed by atoms with Gasteiger partial charge in [0.2, 0.25) is 0 Å². The Morgan fingerprint density at radius 1 is 1.05 bits per heavy atom. The lowest BCUT2D eigenvalue weighted by Gasteiger charge is -2.16. The van der Waals surface area contributed by atoms with Gasteiger partial charge in [-0.3, -0.25) is 4.57 Å². The molecule has 0 unspecified atom stereocenters. The van der Waals surface area contributed by atoms with Crippen LogP contribution in [0, 0.1) is 13.8 Å². The van der Waals surface area contributed by atoms with E-state index in [4.69, 9.17) is 0 Å². The minimum atomic E-state index is -4.75. The number of hydrogen-bond acceptors (Lipinski definition) is 5. The molecule has 1 N–H and O–H groups in total. The van der Waals surface area contributed by atoms with E-state index in [1.807, 2.05) is 48.1 Å². The number of rotatable bonds is 7. The van der Waals surface area contributed by atoms with Crippen molar-refractivity contribution in [1.29, 1.82) is 0 Å². The number of halogens is 3. The molecule has 0 spiro atoms. The van der Waals surface area contributed by atoms with Gasteiger partial charge in [-0.15, -0.1) is 29.6 Å². The third kappa shape index (κ3) is 7.20. The molecule has 0 fully saturated rings. The molecule has 0 saturated carbocycles. The fourth-order valence-corrected chi connectivity index (χ4v) is 5.36. The van der Waals surface area contributed by atoms with Gasteiger partial charge in [0.1, 0.15) is 12.1 Å². The third-order valence-corrected chi connectivity index (χ3v) is 7.55. The fourth-order valence-electron chi connectivity index (χ4n) is 4.50. The van der Waals surface area contributed by atoms with Crippen molar-refractivity contribution in [1.82, 2.24) is 24.6 Å². The Labute approximate surface area is 250 Å². The Morgan fingerprint density at radius 3 is 2.44 bits per heavy atom. The summed E-state index contributed by atoms with van der Waals surface area (Å²) in [6.45, 7) is 8.62. The average Bonchev–Trinajstić information content (AvgIpc) is 3.58. The first-order chi connectivity index (χ1) is 20.5. The van der Waals surface area contributed by atoms with Gasteiger partial charge in [0.15, 0.2) is 10.6 Å². The van der Waals surface area contributed by atoms with Gasteiger partial charge in [-0.25, -0.2) is 14.5 Å². The zero-order valence-electron chi connectivity index (χ0n) is 23.9. The first-order valence-corrected chi connectivity index (χ1v) is 14.3. The molecule has 222 valence electrons. The summed E-state index contributed by atoms with van der Waals surface area (Å²) in [4.78, 5) is 22.1. The molecular formula is C31H29F3N6O2S. The number of aryl methyl sites for hydroxylation is 2. The number of benzene rings is 3. The quantitative estimate of drug-likeness (QED) is 0.212. The molecule has 2 aromatic heterocycles. The summed E-state index contributed by atoms with van der Waals surface area (Å²) in [7, 11) is 0. The summed E-state index contributed by atoms with van der Waals surface area (Å²) in [5, 5.41) is 9.27. The van der Waals surface area contributed by atoms with Crippen molar-refractivity contribution in [2.75, 3.05) is 0 Å².